The molecule has 0 bridgehead atoms. The summed E-state index contributed by atoms with van der Waals surface area (Å²) in [5.41, 5.74) is -1.03. The van der Waals surface area contributed by atoms with Crippen LogP contribution in [0.1, 0.15) is 54.9 Å². The van der Waals surface area contributed by atoms with Crippen molar-refractivity contribution < 1.29 is 57.1 Å². The van der Waals surface area contributed by atoms with Crippen LogP contribution in [0.25, 0.3) is 0 Å². The van der Waals surface area contributed by atoms with Crippen molar-refractivity contribution in [3.8, 4) is 0 Å². The van der Waals surface area contributed by atoms with Crippen molar-refractivity contribution in [1.82, 2.24) is 0 Å². The zero-order chi connectivity index (χ0) is 26.5. The van der Waals surface area contributed by atoms with Crippen molar-refractivity contribution in [2.24, 2.45) is 11.3 Å². The van der Waals surface area contributed by atoms with Gasteiger partial charge in [0.05, 0.1) is 12.0 Å². The summed E-state index contributed by atoms with van der Waals surface area (Å²) in [6, 6.07) is 0. The highest BCUT2D eigenvalue weighted by Crippen LogP contribution is 2.43. The Labute approximate surface area is 203 Å². The van der Waals surface area contributed by atoms with E-state index in [4.69, 9.17) is 33.2 Å². The zero-order valence-electron chi connectivity index (χ0n) is 21.1. The molecule has 0 radical (unpaired) electrons. The normalized spacial score (nSPS) is 34.5. The molecule has 0 aromatic carbocycles. The van der Waals surface area contributed by atoms with Crippen molar-refractivity contribution in [3.05, 3.63) is 0 Å². The fourth-order valence-corrected chi connectivity index (χ4v) is 4.20. The van der Waals surface area contributed by atoms with E-state index >= 15 is 0 Å². The first-order chi connectivity index (χ1) is 16.3. The lowest BCUT2D eigenvalue weighted by Gasteiger charge is -2.45. The fourth-order valence-electron chi connectivity index (χ4n) is 4.20. The van der Waals surface area contributed by atoms with Gasteiger partial charge in [-0.15, -0.1) is 0 Å². The molecule has 0 amide bonds. The van der Waals surface area contributed by atoms with Gasteiger partial charge in [0.15, 0.2) is 24.6 Å². The van der Waals surface area contributed by atoms with Crippen molar-refractivity contribution in [2.75, 3.05) is 13.2 Å². The van der Waals surface area contributed by atoms with Gasteiger partial charge in [-0.05, 0) is 12.8 Å². The summed E-state index contributed by atoms with van der Waals surface area (Å²) in [4.78, 5) is 60.0. The van der Waals surface area contributed by atoms with Gasteiger partial charge in [-0.3, -0.25) is 24.0 Å². The maximum atomic E-state index is 12.8. The zero-order valence-corrected chi connectivity index (χ0v) is 21.1. The lowest BCUT2D eigenvalue weighted by molar-refractivity contribution is -0.342. The van der Waals surface area contributed by atoms with Gasteiger partial charge in [-0.25, -0.2) is 0 Å². The Morgan fingerprint density at radius 3 is 1.91 bits per heavy atom. The summed E-state index contributed by atoms with van der Waals surface area (Å²) < 4.78 is 38.9. The molecule has 2 rings (SSSR count). The minimum Gasteiger partial charge on any atom is -0.463 e. The van der Waals surface area contributed by atoms with E-state index in [2.05, 4.69) is 0 Å². The number of Topliss-reactive ketones (excluding diaryl/α,β-unsaturated/α-hetero) is 1. The van der Waals surface area contributed by atoms with E-state index in [-0.39, 0.29) is 31.3 Å². The Morgan fingerprint density at radius 2 is 1.40 bits per heavy atom. The van der Waals surface area contributed by atoms with E-state index in [1.54, 1.807) is 13.8 Å². The Bertz CT molecular complexity index is 825. The number of esters is 4. The quantitative estimate of drug-likeness (QED) is 0.328. The number of carbonyl (C=O) groups excluding carboxylic acids is 5. The van der Waals surface area contributed by atoms with E-state index in [1.807, 2.05) is 6.92 Å². The maximum Gasteiger partial charge on any atom is 0.303 e. The van der Waals surface area contributed by atoms with Crippen molar-refractivity contribution >= 4 is 29.7 Å². The average Bonchev–Trinajstić information content (AvgIpc) is 3.04. The van der Waals surface area contributed by atoms with Crippen LogP contribution >= 0.6 is 0 Å². The number of ketones is 1. The van der Waals surface area contributed by atoms with Crippen LogP contribution in [0.4, 0.5) is 0 Å². The summed E-state index contributed by atoms with van der Waals surface area (Å²) >= 11 is 0. The molecular weight excluding hydrogens is 468 g/mol. The largest absolute Gasteiger partial charge is 0.463 e. The van der Waals surface area contributed by atoms with Crippen LogP contribution in [0.15, 0.2) is 0 Å². The molecule has 12 heteroatoms. The Kier molecular flexibility index (Phi) is 9.76. The molecule has 35 heavy (non-hydrogen) atoms. The Hall–Kier alpha value is -2.57. The number of hydrogen-bond donors (Lipinski definition) is 0. The molecule has 0 aromatic heterocycles. The third-order valence-corrected chi connectivity index (χ3v) is 6.14. The Balaban J connectivity index is 2.48. The minimum atomic E-state index is -1.42. The third-order valence-electron chi connectivity index (χ3n) is 6.14. The van der Waals surface area contributed by atoms with Crippen LogP contribution in [-0.2, 0) is 57.1 Å². The lowest BCUT2D eigenvalue weighted by Crippen LogP contribution is -2.63. The van der Waals surface area contributed by atoms with Gasteiger partial charge in [0.1, 0.15) is 18.5 Å². The minimum absolute atomic E-state index is 0.0989. The highest BCUT2D eigenvalue weighted by atomic mass is 16.8. The average molecular weight is 503 g/mol. The molecule has 2 heterocycles. The molecule has 8 atom stereocenters. The molecule has 198 valence electrons. The molecular formula is C23H34O12. The summed E-state index contributed by atoms with van der Waals surface area (Å²) in [7, 11) is 0. The smallest absolute Gasteiger partial charge is 0.303 e. The summed E-state index contributed by atoms with van der Waals surface area (Å²) in [5, 5.41) is 0. The van der Waals surface area contributed by atoms with Gasteiger partial charge in [-0.1, -0.05) is 13.8 Å². The molecule has 0 spiro atoms. The van der Waals surface area contributed by atoms with E-state index in [0.717, 1.165) is 20.8 Å². The lowest BCUT2D eigenvalue weighted by atomic mass is 9.75. The first-order valence-electron chi connectivity index (χ1n) is 11.4. The van der Waals surface area contributed by atoms with Gasteiger partial charge in [0.25, 0.3) is 0 Å². The molecule has 2 aliphatic heterocycles. The van der Waals surface area contributed by atoms with Crippen LogP contribution in [0.2, 0.25) is 0 Å². The number of hydrogen-bond acceptors (Lipinski definition) is 12. The first-order valence-corrected chi connectivity index (χ1v) is 11.4. The number of carbonyl (C=O) groups is 5. The molecule has 2 fully saturated rings. The number of rotatable bonds is 9. The van der Waals surface area contributed by atoms with Crippen LogP contribution in [0.5, 0.6) is 0 Å². The molecule has 0 aromatic rings. The highest BCUT2D eigenvalue weighted by Gasteiger charge is 2.57. The molecule has 0 unspecified atom stereocenters. The third kappa shape index (κ3) is 6.77. The molecule has 0 saturated carbocycles. The van der Waals surface area contributed by atoms with E-state index in [9.17, 15) is 24.0 Å². The van der Waals surface area contributed by atoms with Gasteiger partial charge < -0.3 is 33.2 Å². The number of ether oxygens (including phenoxy) is 7. The van der Waals surface area contributed by atoms with Crippen molar-refractivity contribution in [1.29, 1.82) is 0 Å². The predicted molar refractivity (Wildman–Crippen MR) is 115 cm³/mol. The van der Waals surface area contributed by atoms with Crippen molar-refractivity contribution in [2.45, 2.75) is 91.9 Å². The van der Waals surface area contributed by atoms with E-state index < -0.39 is 66.3 Å². The SMILES string of the molecule is CCC(=O)[C@]1(C)[C@@H](O[C@@H]2O[C@H](COC(C)=O)[C@@H](OC(C)=O)[C@H](OC(C)=O)[C@H]2OC(C)=O)OC[C@H]1C. The molecule has 2 aliphatic rings. The van der Waals surface area contributed by atoms with Crippen molar-refractivity contribution in [3.63, 3.8) is 0 Å². The molecule has 12 nitrogen and oxygen atoms in total. The summed E-state index contributed by atoms with van der Waals surface area (Å²) in [6.45, 7) is 9.71. The van der Waals surface area contributed by atoms with Crippen LogP contribution in [0.3, 0.4) is 0 Å². The second-order valence-electron chi connectivity index (χ2n) is 8.83. The fraction of sp³-hybridized carbons (Fsp3) is 0.783. The highest BCUT2D eigenvalue weighted by molar-refractivity contribution is 5.85. The summed E-state index contributed by atoms with van der Waals surface area (Å²) in [5.74, 6) is -3.17. The van der Waals surface area contributed by atoms with Crippen LogP contribution < -0.4 is 0 Å². The predicted octanol–water partition coefficient (Wildman–Crippen LogP) is 1.06. The topological polar surface area (TPSA) is 150 Å². The maximum absolute atomic E-state index is 12.8. The van der Waals surface area contributed by atoms with Gasteiger partial charge in [-0.2, -0.15) is 0 Å². The molecule has 2 saturated heterocycles. The van der Waals surface area contributed by atoms with Gasteiger partial charge >= 0.3 is 23.9 Å². The van der Waals surface area contributed by atoms with Crippen LogP contribution in [0, 0.1) is 11.3 Å². The van der Waals surface area contributed by atoms with Crippen LogP contribution in [-0.4, -0.2) is 79.9 Å². The summed E-state index contributed by atoms with van der Waals surface area (Å²) in [6.07, 6.45) is -7.48. The standard InChI is InChI=1S/C23H34O12/c1-8-17(28)23(7)11(2)9-30-22(23)35-21-20(33-15(6)27)19(32-14(5)26)18(31-13(4)25)16(34-21)10-29-12(3)24/h11,16,18-22H,8-10H2,1-7H3/t11-,16-,18-,19+,20-,21+,22-,23-/m1/s1. The molecule has 0 N–H and O–H groups in total. The van der Waals surface area contributed by atoms with E-state index in [0.29, 0.717) is 0 Å². The second-order valence-corrected chi connectivity index (χ2v) is 8.83. The van der Waals surface area contributed by atoms with E-state index in [1.165, 1.54) is 6.92 Å². The Morgan fingerprint density at radius 1 is 0.857 bits per heavy atom. The van der Waals surface area contributed by atoms with Gasteiger partial charge in [0, 0.05) is 34.1 Å². The monoisotopic (exact) mass is 502 g/mol. The second kappa shape index (κ2) is 11.9. The van der Waals surface area contributed by atoms with Gasteiger partial charge in [0.2, 0.25) is 6.29 Å². The molecule has 0 aliphatic carbocycles. The first kappa shape index (κ1) is 28.7.